The van der Waals surface area contributed by atoms with E-state index in [0.29, 0.717) is 26.1 Å². The van der Waals surface area contributed by atoms with Gasteiger partial charge in [0.1, 0.15) is 11.5 Å². The Kier molecular flexibility index (Phi) is 6.65. The first-order chi connectivity index (χ1) is 17.4. The number of amides is 1. The van der Waals surface area contributed by atoms with Crippen molar-refractivity contribution in [2.45, 2.75) is 70.0 Å². The molecule has 1 unspecified atom stereocenters. The molecule has 3 aliphatic rings. The number of hydrogen-bond donors (Lipinski definition) is 3. The number of guanidine groups is 1. The minimum atomic E-state index is -0.336. The highest BCUT2D eigenvalue weighted by Gasteiger charge is 2.43. The van der Waals surface area contributed by atoms with Crippen LogP contribution in [0.15, 0.2) is 49.0 Å². The largest absolute Gasteiger partial charge is 0.493 e. The molecular weight excluding hydrogens is 452 g/mol. The number of carbonyl (C=O) groups excluding carboxylic acids is 1. The zero-order chi connectivity index (χ0) is 25.3. The third kappa shape index (κ3) is 4.43. The first-order valence-electron chi connectivity index (χ1n) is 13.1. The third-order valence-corrected chi connectivity index (χ3v) is 7.95. The second-order valence-electron chi connectivity index (χ2n) is 10.0. The fraction of sp³-hybridized carbons (Fsp3) is 0.448. The van der Waals surface area contributed by atoms with E-state index in [0.717, 1.165) is 59.6 Å². The van der Waals surface area contributed by atoms with E-state index >= 15 is 0 Å². The first kappa shape index (κ1) is 24.2. The summed E-state index contributed by atoms with van der Waals surface area (Å²) in [6.07, 6.45) is 4.57. The highest BCUT2D eigenvalue weighted by atomic mass is 16.5. The molecule has 3 N–H and O–H groups in total. The van der Waals surface area contributed by atoms with Gasteiger partial charge in [0.25, 0.3) is 0 Å². The first-order valence-corrected chi connectivity index (χ1v) is 13.1. The van der Waals surface area contributed by atoms with E-state index in [2.05, 4.69) is 43.2 Å². The van der Waals surface area contributed by atoms with E-state index in [1.807, 2.05) is 30.3 Å². The van der Waals surface area contributed by atoms with Crippen LogP contribution in [0.25, 0.3) is 5.70 Å². The van der Waals surface area contributed by atoms with E-state index in [4.69, 9.17) is 14.9 Å². The van der Waals surface area contributed by atoms with Gasteiger partial charge in [-0.05, 0) is 55.5 Å². The molecular formula is C29H36N4O3. The summed E-state index contributed by atoms with van der Waals surface area (Å²) >= 11 is 0. The summed E-state index contributed by atoms with van der Waals surface area (Å²) in [5, 5.41) is 15.7. The average molecular weight is 489 g/mol. The Morgan fingerprint density at radius 3 is 2.64 bits per heavy atom. The molecule has 0 spiro atoms. The van der Waals surface area contributed by atoms with E-state index in [-0.39, 0.29) is 29.5 Å². The Labute approximate surface area is 213 Å². The molecule has 0 aliphatic carbocycles. The molecule has 5 rings (SSSR count). The van der Waals surface area contributed by atoms with Crippen molar-refractivity contribution in [3.05, 3.63) is 65.7 Å². The van der Waals surface area contributed by atoms with Gasteiger partial charge in [0.2, 0.25) is 5.91 Å². The van der Waals surface area contributed by atoms with E-state index in [1.165, 1.54) is 0 Å². The summed E-state index contributed by atoms with van der Waals surface area (Å²) in [5.41, 5.74) is 3.50. The van der Waals surface area contributed by atoms with Crippen LogP contribution >= 0.6 is 0 Å². The van der Waals surface area contributed by atoms with Crippen LogP contribution in [0.5, 0.6) is 11.5 Å². The number of ether oxygens (including phenoxy) is 2. The minimum absolute atomic E-state index is 0.00211. The van der Waals surface area contributed by atoms with Crippen LogP contribution in [0.2, 0.25) is 0 Å². The zero-order valence-corrected chi connectivity index (χ0v) is 21.2. The van der Waals surface area contributed by atoms with Gasteiger partial charge < -0.3 is 20.1 Å². The lowest BCUT2D eigenvalue weighted by Gasteiger charge is -2.45. The quantitative estimate of drug-likeness (QED) is 0.514. The summed E-state index contributed by atoms with van der Waals surface area (Å²) in [5.74, 6) is 1.87. The molecule has 1 fully saturated rings. The SMILES string of the molecule is C=C(NC1CCCOc2ccccc21)c1ccc2c(c1)[C@H](N1C(=N)NC(CC)(CC)CC1=O)CCO2. The number of para-hydroxylation sites is 1. The van der Waals surface area contributed by atoms with Crippen molar-refractivity contribution in [2.75, 3.05) is 13.2 Å². The van der Waals surface area contributed by atoms with E-state index < -0.39 is 0 Å². The van der Waals surface area contributed by atoms with Crippen LogP contribution in [0.3, 0.4) is 0 Å². The second kappa shape index (κ2) is 9.88. The number of benzene rings is 2. The van der Waals surface area contributed by atoms with Crippen LogP contribution in [-0.4, -0.2) is 35.5 Å². The highest BCUT2D eigenvalue weighted by Crippen LogP contribution is 2.40. The molecule has 1 amide bonds. The molecule has 2 atom stereocenters. The normalized spacial score (nSPS) is 22.8. The van der Waals surface area contributed by atoms with Crippen LogP contribution in [0, 0.1) is 5.41 Å². The van der Waals surface area contributed by atoms with Gasteiger partial charge in [0.05, 0.1) is 31.7 Å². The monoisotopic (exact) mass is 488 g/mol. The molecule has 0 bridgehead atoms. The number of nitrogens with one attached hydrogen (secondary N) is 3. The van der Waals surface area contributed by atoms with Crippen molar-refractivity contribution in [3.63, 3.8) is 0 Å². The second-order valence-corrected chi connectivity index (χ2v) is 10.0. The topological polar surface area (TPSA) is 86.7 Å². The van der Waals surface area contributed by atoms with Crippen LogP contribution in [0.1, 0.15) is 81.1 Å². The summed E-state index contributed by atoms with van der Waals surface area (Å²) in [4.78, 5) is 15.0. The summed E-state index contributed by atoms with van der Waals surface area (Å²) in [6.45, 7) is 9.71. The molecule has 0 radical (unpaired) electrons. The molecule has 0 saturated carbocycles. The number of carbonyl (C=O) groups is 1. The third-order valence-electron chi connectivity index (χ3n) is 7.95. The van der Waals surface area contributed by atoms with Gasteiger partial charge in [-0.25, -0.2) is 0 Å². The molecule has 190 valence electrons. The average Bonchev–Trinajstić information content (AvgIpc) is 3.10. The molecule has 7 nitrogen and oxygen atoms in total. The molecule has 1 saturated heterocycles. The molecule has 3 aliphatic heterocycles. The summed E-state index contributed by atoms with van der Waals surface area (Å²) in [7, 11) is 0. The number of hydrogen-bond acceptors (Lipinski definition) is 5. The Balaban J connectivity index is 1.40. The van der Waals surface area contributed by atoms with E-state index in [9.17, 15) is 4.79 Å². The lowest BCUT2D eigenvalue weighted by Crippen LogP contribution is -2.62. The van der Waals surface area contributed by atoms with Crippen molar-refractivity contribution < 1.29 is 14.3 Å². The van der Waals surface area contributed by atoms with Crippen molar-refractivity contribution >= 4 is 17.6 Å². The van der Waals surface area contributed by atoms with Gasteiger partial charge >= 0.3 is 0 Å². The predicted octanol–water partition coefficient (Wildman–Crippen LogP) is 5.30. The number of nitrogens with zero attached hydrogens (tertiary/aromatic N) is 1. The van der Waals surface area contributed by atoms with Crippen molar-refractivity contribution in [2.24, 2.45) is 0 Å². The van der Waals surface area contributed by atoms with Crippen molar-refractivity contribution in [1.82, 2.24) is 15.5 Å². The maximum Gasteiger partial charge on any atom is 0.232 e. The van der Waals surface area contributed by atoms with Gasteiger partial charge in [0, 0.05) is 28.8 Å². The highest BCUT2D eigenvalue weighted by molar-refractivity contribution is 5.99. The van der Waals surface area contributed by atoms with Gasteiger partial charge in [-0.2, -0.15) is 0 Å². The molecule has 2 aromatic carbocycles. The standard InChI is InChI=1S/C29H36N4O3/c1-4-29(5-2)18-27(34)33(28(30)32-29)24-14-16-36-26-13-12-20(17-22(24)26)19(3)31-23-10-8-15-35-25-11-7-6-9-21(23)25/h6-7,9,11-13,17,23-24,31H,3-5,8,10,14-16,18H2,1-2H3,(H2,30,32)/t23?,24-/m1/s1. The molecule has 0 aromatic heterocycles. The molecule has 2 aromatic rings. The summed E-state index contributed by atoms with van der Waals surface area (Å²) in [6, 6.07) is 14.1. The zero-order valence-electron chi connectivity index (χ0n) is 21.2. The van der Waals surface area contributed by atoms with Crippen molar-refractivity contribution in [3.8, 4) is 11.5 Å². The van der Waals surface area contributed by atoms with Crippen molar-refractivity contribution in [1.29, 1.82) is 5.41 Å². The molecule has 3 heterocycles. The minimum Gasteiger partial charge on any atom is -0.493 e. The van der Waals surface area contributed by atoms with Gasteiger partial charge in [0.15, 0.2) is 5.96 Å². The van der Waals surface area contributed by atoms with Crippen LogP contribution in [0.4, 0.5) is 0 Å². The number of fused-ring (bicyclic) bond motifs is 2. The molecule has 36 heavy (non-hydrogen) atoms. The van der Waals surface area contributed by atoms with Crippen LogP contribution < -0.4 is 20.1 Å². The maximum absolute atomic E-state index is 13.3. The Bertz CT molecular complexity index is 1150. The van der Waals surface area contributed by atoms with Gasteiger partial charge in [-0.3, -0.25) is 15.1 Å². The Morgan fingerprint density at radius 2 is 1.86 bits per heavy atom. The molecule has 7 heteroatoms. The fourth-order valence-electron chi connectivity index (χ4n) is 5.66. The van der Waals surface area contributed by atoms with Gasteiger partial charge in [-0.1, -0.05) is 38.6 Å². The van der Waals surface area contributed by atoms with Crippen LogP contribution in [-0.2, 0) is 4.79 Å². The smallest absolute Gasteiger partial charge is 0.232 e. The predicted molar refractivity (Wildman–Crippen MR) is 141 cm³/mol. The summed E-state index contributed by atoms with van der Waals surface area (Å²) < 4.78 is 11.9. The Hall–Kier alpha value is -3.48. The lowest BCUT2D eigenvalue weighted by atomic mass is 9.85. The van der Waals surface area contributed by atoms with E-state index in [1.54, 1.807) is 4.90 Å². The number of rotatable bonds is 6. The Morgan fingerprint density at radius 1 is 1.11 bits per heavy atom. The lowest BCUT2D eigenvalue weighted by molar-refractivity contribution is -0.133. The van der Waals surface area contributed by atoms with Gasteiger partial charge in [-0.15, -0.1) is 0 Å². The maximum atomic E-state index is 13.3. The fourth-order valence-corrected chi connectivity index (χ4v) is 5.66.